The number of fused-ring (bicyclic) bond motifs is 5. The molecule has 0 aromatic heterocycles. The molecule has 0 aromatic carbocycles. The van der Waals surface area contributed by atoms with Gasteiger partial charge in [0.15, 0.2) is 0 Å². The molecule has 4 heteroatoms. The summed E-state index contributed by atoms with van der Waals surface area (Å²) in [6, 6.07) is 0. The van der Waals surface area contributed by atoms with Gasteiger partial charge < -0.3 is 4.74 Å². The molecule has 4 aliphatic rings. The summed E-state index contributed by atoms with van der Waals surface area (Å²) >= 11 is 3.98. The maximum absolute atomic E-state index is 16.1. The van der Waals surface area contributed by atoms with E-state index in [0.717, 1.165) is 30.6 Å². The highest BCUT2D eigenvalue weighted by Gasteiger charge is 2.67. The third kappa shape index (κ3) is 4.35. The van der Waals surface area contributed by atoms with Gasteiger partial charge in [0.1, 0.15) is 12.3 Å². The Labute approximate surface area is 210 Å². The molecule has 0 aromatic rings. The predicted molar refractivity (Wildman–Crippen MR) is 137 cm³/mol. The first-order chi connectivity index (χ1) is 15.4. The smallest absolute Gasteiger partial charge is 0.302 e. The van der Waals surface area contributed by atoms with E-state index in [4.69, 9.17) is 4.74 Å². The standard InChI is InChI=1S/C29H48BrFO2/c1-18(2)8-7-9-19(3)23-10-11-24-22-16-26(31)29(30)17-21(33-20(4)32)12-15-28(29,6)25(22)13-14-27(23,24)5/h18-19,21-26H,7-17H2,1-6H3/t19-,21+,22+,23-,24+,25+,26-,27-,28-,29+/m1/s1. The third-order valence-electron chi connectivity index (χ3n) is 11.2. The molecule has 4 aliphatic carbocycles. The third-order valence-corrected chi connectivity index (χ3v) is 13.0. The Morgan fingerprint density at radius 3 is 2.45 bits per heavy atom. The van der Waals surface area contributed by atoms with Gasteiger partial charge in [-0.25, -0.2) is 4.39 Å². The first-order valence-electron chi connectivity index (χ1n) is 13.9. The Kier molecular flexibility index (Phi) is 7.39. The normalized spacial score (nSPS) is 48.0. The first kappa shape index (κ1) is 26.0. The molecule has 10 atom stereocenters. The van der Waals surface area contributed by atoms with E-state index in [9.17, 15) is 4.79 Å². The molecule has 0 saturated heterocycles. The number of rotatable bonds is 6. The SMILES string of the molecule is CC(=O)O[C@H]1CC[C@]2(C)[C@H]3CC[C@]4(C)[C@@H]([C@H](C)CCCC(C)C)CC[C@H]4[C@@H]3C[C@@H](F)[C@@]2(Br)C1. The first-order valence-corrected chi connectivity index (χ1v) is 14.7. The number of ether oxygens (including phenoxy) is 1. The summed E-state index contributed by atoms with van der Waals surface area (Å²) in [5.74, 6) is 3.90. The minimum atomic E-state index is -0.869. The lowest BCUT2D eigenvalue weighted by Crippen LogP contribution is -2.65. The van der Waals surface area contributed by atoms with Crippen LogP contribution in [0.15, 0.2) is 0 Å². The summed E-state index contributed by atoms with van der Waals surface area (Å²) in [5, 5.41) is 0. The highest BCUT2D eigenvalue weighted by molar-refractivity contribution is 9.10. The molecule has 190 valence electrons. The van der Waals surface area contributed by atoms with Crippen molar-refractivity contribution >= 4 is 21.9 Å². The fraction of sp³-hybridized carbons (Fsp3) is 0.966. The van der Waals surface area contributed by atoms with Crippen LogP contribution >= 0.6 is 15.9 Å². The van der Waals surface area contributed by atoms with E-state index in [1.165, 1.54) is 51.9 Å². The van der Waals surface area contributed by atoms with Crippen molar-refractivity contribution < 1.29 is 13.9 Å². The Bertz CT molecular complexity index is 726. The van der Waals surface area contributed by atoms with E-state index in [2.05, 4.69) is 50.5 Å². The number of halogens is 2. The van der Waals surface area contributed by atoms with E-state index >= 15 is 4.39 Å². The quantitative estimate of drug-likeness (QED) is 0.256. The Hall–Kier alpha value is -0.120. The molecule has 0 spiro atoms. The average Bonchev–Trinajstić information content (AvgIpc) is 3.07. The number of hydrogen-bond donors (Lipinski definition) is 0. The van der Waals surface area contributed by atoms with Gasteiger partial charge in [-0.1, -0.05) is 69.8 Å². The van der Waals surface area contributed by atoms with Crippen molar-refractivity contribution in [2.75, 3.05) is 0 Å². The van der Waals surface area contributed by atoms with Crippen LogP contribution in [0.3, 0.4) is 0 Å². The van der Waals surface area contributed by atoms with Gasteiger partial charge in [0.2, 0.25) is 0 Å². The Morgan fingerprint density at radius 1 is 1.06 bits per heavy atom. The lowest BCUT2D eigenvalue weighted by atomic mass is 9.44. The maximum atomic E-state index is 16.1. The zero-order valence-electron chi connectivity index (χ0n) is 22.0. The van der Waals surface area contributed by atoms with Crippen LogP contribution in [0.1, 0.15) is 112 Å². The molecule has 2 nitrogen and oxygen atoms in total. The highest BCUT2D eigenvalue weighted by Crippen LogP contribution is 2.71. The van der Waals surface area contributed by atoms with Gasteiger partial charge in [0, 0.05) is 13.3 Å². The van der Waals surface area contributed by atoms with Crippen LogP contribution in [0.2, 0.25) is 0 Å². The van der Waals surface area contributed by atoms with Crippen molar-refractivity contribution in [2.45, 2.75) is 129 Å². The van der Waals surface area contributed by atoms with Crippen LogP contribution in [-0.2, 0) is 9.53 Å². The summed E-state index contributed by atoms with van der Waals surface area (Å²) in [6.45, 7) is 13.6. The van der Waals surface area contributed by atoms with Crippen molar-refractivity contribution in [3.05, 3.63) is 0 Å². The van der Waals surface area contributed by atoms with Crippen molar-refractivity contribution in [1.82, 2.24) is 0 Å². The minimum absolute atomic E-state index is 0.0612. The summed E-state index contributed by atoms with van der Waals surface area (Å²) in [7, 11) is 0. The average molecular weight is 528 g/mol. The van der Waals surface area contributed by atoms with Gasteiger partial charge in [-0.05, 0) is 91.3 Å². The lowest BCUT2D eigenvalue weighted by Gasteiger charge is -2.65. The summed E-state index contributed by atoms with van der Waals surface area (Å²) in [5.41, 5.74) is 0.323. The molecule has 33 heavy (non-hydrogen) atoms. The molecule has 4 saturated carbocycles. The lowest BCUT2D eigenvalue weighted by molar-refractivity contribution is -0.163. The zero-order chi connectivity index (χ0) is 24.2. The number of alkyl halides is 2. The van der Waals surface area contributed by atoms with Gasteiger partial charge in [-0.2, -0.15) is 0 Å². The number of carbonyl (C=O) groups is 1. The van der Waals surface area contributed by atoms with Crippen LogP contribution in [0.4, 0.5) is 4.39 Å². The maximum Gasteiger partial charge on any atom is 0.302 e. The largest absolute Gasteiger partial charge is 0.463 e. The summed E-state index contributed by atoms with van der Waals surface area (Å²) in [4.78, 5) is 11.6. The molecule has 0 radical (unpaired) electrons. The Morgan fingerprint density at radius 2 is 1.79 bits per heavy atom. The Balaban J connectivity index is 1.51. The fourth-order valence-electron chi connectivity index (χ4n) is 9.51. The van der Waals surface area contributed by atoms with Crippen LogP contribution in [0.25, 0.3) is 0 Å². The molecule has 4 fully saturated rings. The molecule has 0 bridgehead atoms. The number of carbonyl (C=O) groups excluding carboxylic acids is 1. The molecular weight excluding hydrogens is 479 g/mol. The van der Waals surface area contributed by atoms with Gasteiger partial charge in [0.05, 0.1) is 4.32 Å². The molecule has 0 amide bonds. The molecule has 4 rings (SSSR count). The van der Waals surface area contributed by atoms with Gasteiger partial charge in [0.25, 0.3) is 0 Å². The van der Waals surface area contributed by atoms with E-state index in [0.29, 0.717) is 36.0 Å². The van der Waals surface area contributed by atoms with Crippen LogP contribution in [0.5, 0.6) is 0 Å². The van der Waals surface area contributed by atoms with E-state index in [-0.39, 0.29) is 17.5 Å². The van der Waals surface area contributed by atoms with Crippen molar-refractivity contribution in [2.24, 2.45) is 46.3 Å². The highest BCUT2D eigenvalue weighted by atomic mass is 79.9. The zero-order valence-corrected chi connectivity index (χ0v) is 23.6. The molecular formula is C29H48BrFO2. The molecule has 0 unspecified atom stereocenters. The van der Waals surface area contributed by atoms with E-state index in [1.54, 1.807) is 0 Å². The number of hydrogen-bond acceptors (Lipinski definition) is 2. The van der Waals surface area contributed by atoms with E-state index < -0.39 is 10.5 Å². The van der Waals surface area contributed by atoms with Crippen molar-refractivity contribution in [3.8, 4) is 0 Å². The fourth-order valence-corrected chi connectivity index (χ4v) is 10.5. The second-order valence-electron chi connectivity index (χ2n) is 13.4. The number of esters is 1. The van der Waals surface area contributed by atoms with E-state index in [1.807, 2.05) is 0 Å². The predicted octanol–water partition coefficient (Wildman–Crippen LogP) is 8.50. The van der Waals surface area contributed by atoms with Gasteiger partial charge >= 0.3 is 5.97 Å². The molecule has 0 aliphatic heterocycles. The van der Waals surface area contributed by atoms with Crippen LogP contribution < -0.4 is 0 Å². The topological polar surface area (TPSA) is 26.3 Å². The minimum Gasteiger partial charge on any atom is -0.463 e. The van der Waals surface area contributed by atoms with Crippen LogP contribution in [-0.4, -0.2) is 22.6 Å². The molecule has 0 heterocycles. The summed E-state index contributed by atoms with van der Waals surface area (Å²) in [6.07, 6.45) is 11.3. The van der Waals surface area contributed by atoms with Gasteiger partial charge in [-0.3, -0.25) is 4.79 Å². The van der Waals surface area contributed by atoms with Crippen molar-refractivity contribution in [1.29, 1.82) is 0 Å². The van der Waals surface area contributed by atoms with Crippen molar-refractivity contribution in [3.63, 3.8) is 0 Å². The monoisotopic (exact) mass is 526 g/mol. The van der Waals surface area contributed by atoms with Gasteiger partial charge in [-0.15, -0.1) is 0 Å². The molecule has 0 N–H and O–H groups in total. The summed E-state index contributed by atoms with van der Waals surface area (Å²) < 4.78 is 21.1. The van der Waals surface area contributed by atoms with Crippen LogP contribution in [0, 0.1) is 46.3 Å². The second-order valence-corrected chi connectivity index (χ2v) is 14.8. The second kappa shape index (κ2) is 9.40.